The second-order valence-corrected chi connectivity index (χ2v) is 8.83. The average molecular weight is 381 g/mol. The molecule has 1 saturated carbocycles. The number of carbonyl (C=O) groups excluding carboxylic acids is 1. The lowest BCUT2D eigenvalue weighted by molar-refractivity contribution is -0.149. The van der Waals surface area contributed by atoms with Crippen molar-refractivity contribution in [3.05, 3.63) is 0 Å². The molecule has 2 aliphatic heterocycles. The van der Waals surface area contributed by atoms with Gasteiger partial charge in [-0.05, 0) is 103 Å². The molecule has 0 aromatic carbocycles. The van der Waals surface area contributed by atoms with E-state index < -0.39 is 0 Å². The Labute approximate surface area is 165 Å². The predicted octanol–water partition coefficient (Wildman–Crippen LogP) is 3.23. The van der Waals surface area contributed by atoms with Crippen LogP contribution in [0.15, 0.2) is 0 Å². The van der Waals surface area contributed by atoms with E-state index in [1.165, 1.54) is 58.0 Å². The van der Waals surface area contributed by atoms with Crippen molar-refractivity contribution in [2.45, 2.75) is 70.8 Å². The first-order valence-electron chi connectivity index (χ1n) is 11.5. The van der Waals surface area contributed by atoms with Crippen LogP contribution in [0.5, 0.6) is 0 Å². The second-order valence-electron chi connectivity index (χ2n) is 8.83. The summed E-state index contributed by atoms with van der Waals surface area (Å²) < 4.78 is 11.3. The van der Waals surface area contributed by atoms with E-state index in [-0.39, 0.29) is 11.9 Å². The summed E-state index contributed by atoms with van der Waals surface area (Å²) in [4.78, 5) is 14.3. The molecule has 5 nitrogen and oxygen atoms in total. The van der Waals surface area contributed by atoms with Gasteiger partial charge in [0.2, 0.25) is 0 Å². The van der Waals surface area contributed by atoms with Crippen LogP contribution in [0.4, 0.5) is 0 Å². The number of nitrogens with zero attached hydrogens (tertiary/aromatic N) is 1. The van der Waals surface area contributed by atoms with Gasteiger partial charge in [-0.3, -0.25) is 4.79 Å². The molecule has 0 radical (unpaired) electrons. The number of esters is 1. The summed E-state index contributed by atoms with van der Waals surface area (Å²) in [6.07, 6.45) is 11.7. The first-order valence-corrected chi connectivity index (χ1v) is 11.5. The summed E-state index contributed by atoms with van der Waals surface area (Å²) >= 11 is 0. The van der Waals surface area contributed by atoms with Gasteiger partial charge in [-0.2, -0.15) is 0 Å². The molecule has 1 atom stereocenters. The Hall–Kier alpha value is -0.650. The van der Waals surface area contributed by atoms with Gasteiger partial charge in [-0.1, -0.05) is 0 Å². The minimum absolute atomic E-state index is 0.00540. The number of carbonyl (C=O) groups is 1. The standard InChI is InChI=1S/C22H40N2O3/c1-2-26-22(25)20-9-12-24(13-10-20)14-15-27-21-7-5-18(6-8-21)16-19-4-3-11-23-17-19/h18-21,23H,2-17H2,1H3. The second kappa shape index (κ2) is 11.4. The maximum absolute atomic E-state index is 11.8. The molecule has 3 rings (SSSR count). The minimum atomic E-state index is -0.00540. The SMILES string of the molecule is CCOC(=O)C1CCN(CCOC2CCC(CC3CCCNC3)CC2)CC1. The third-order valence-electron chi connectivity index (χ3n) is 6.83. The molecule has 156 valence electrons. The summed E-state index contributed by atoms with van der Waals surface area (Å²) in [5, 5.41) is 3.55. The van der Waals surface area contributed by atoms with Gasteiger partial charge >= 0.3 is 5.97 Å². The highest BCUT2D eigenvalue weighted by Gasteiger charge is 2.27. The zero-order chi connectivity index (χ0) is 18.9. The van der Waals surface area contributed by atoms with Crippen molar-refractivity contribution in [2.24, 2.45) is 17.8 Å². The number of ether oxygens (including phenoxy) is 2. The fraction of sp³-hybridized carbons (Fsp3) is 0.955. The topological polar surface area (TPSA) is 50.8 Å². The average Bonchev–Trinajstić information content (AvgIpc) is 2.71. The van der Waals surface area contributed by atoms with E-state index in [1.54, 1.807) is 0 Å². The lowest BCUT2D eigenvalue weighted by Crippen LogP contribution is -2.39. The Morgan fingerprint density at radius 1 is 1.04 bits per heavy atom. The molecule has 0 bridgehead atoms. The van der Waals surface area contributed by atoms with Crippen molar-refractivity contribution in [1.29, 1.82) is 0 Å². The molecule has 2 saturated heterocycles. The molecule has 27 heavy (non-hydrogen) atoms. The van der Waals surface area contributed by atoms with Crippen molar-refractivity contribution in [2.75, 3.05) is 45.9 Å². The lowest BCUT2D eigenvalue weighted by atomic mass is 9.80. The Morgan fingerprint density at radius 3 is 2.48 bits per heavy atom. The van der Waals surface area contributed by atoms with E-state index in [9.17, 15) is 4.79 Å². The third-order valence-corrected chi connectivity index (χ3v) is 6.83. The highest BCUT2D eigenvalue weighted by Crippen LogP contribution is 2.32. The smallest absolute Gasteiger partial charge is 0.309 e. The number of likely N-dealkylation sites (tertiary alicyclic amines) is 1. The summed E-state index contributed by atoms with van der Waals surface area (Å²) in [5.74, 6) is 1.95. The minimum Gasteiger partial charge on any atom is -0.466 e. The van der Waals surface area contributed by atoms with E-state index in [4.69, 9.17) is 9.47 Å². The number of piperidine rings is 2. The lowest BCUT2D eigenvalue weighted by Gasteiger charge is -2.33. The molecular weight excluding hydrogens is 340 g/mol. The van der Waals surface area contributed by atoms with Crippen LogP contribution in [-0.2, 0) is 14.3 Å². The van der Waals surface area contributed by atoms with E-state index in [1.807, 2.05) is 6.92 Å². The predicted molar refractivity (Wildman–Crippen MR) is 108 cm³/mol. The van der Waals surface area contributed by atoms with E-state index in [0.717, 1.165) is 50.9 Å². The third kappa shape index (κ3) is 7.03. The van der Waals surface area contributed by atoms with Gasteiger partial charge in [0.05, 0.1) is 25.2 Å². The first-order chi connectivity index (χ1) is 13.2. The van der Waals surface area contributed by atoms with Crippen molar-refractivity contribution >= 4 is 5.97 Å². The maximum atomic E-state index is 11.8. The van der Waals surface area contributed by atoms with E-state index >= 15 is 0 Å². The Kier molecular flexibility index (Phi) is 8.88. The summed E-state index contributed by atoms with van der Waals surface area (Å²) in [5.41, 5.74) is 0. The Balaban J connectivity index is 1.23. The van der Waals surface area contributed by atoms with Crippen LogP contribution in [-0.4, -0.2) is 62.9 Å². The van der Waals surface area contributed by atoms with E-state index in [0.29, 0.717) is 12.7 Å². The molecule has 0 amide bonds. The summed E-state index contributed by atoms with van der Waals surface area (Å²) in [7, 11) is 0. The van der Waals surface area contributed by atoms with Crippen LogP contribution in [0.25, 0.3) is 0 Å². The van der Waals surface area contributed by atoms with Crippen LogP contribution in [0.3, 0.4) is 0 Å². The summed E-state index contributed by atoms with van der Waals surface area (Å²) in [6.45, 7) is 8.66. The van der Waals surface area contributed by atoms with Crippen molar-refractivity contribution in [1.82, 2.24) is 10.2 Å². The van der Waals surface area contributed by atoms with Crippen LogP contribution in [0.2, 0.25) is 0 Å². The van der Waals surface area contributed by atoms with Crippen molar-refractivity contribution in [3.8, 4) is 0 Å². The molecule has 2 heterocycles. The van der Waals surface area contributed by atoms with Crippen molar-refractivity contribution in [3.63, 3.8) is 0 Å². The summed E-state index contributed by atoms with van der Waals surface area (Å²) in [6, 6.07) is 0. The molecule has 1 aliphatic carbocycles. The van der Waals surface area contributed by atoms with Gasteiger partial charge in [0, 0.05) is 6.54 Å². The monoisotopic (exact) mass is 380 g/mol. The van der Waals surface area contributed by atoms with Gasteiger partial charge in [0.25, 0.3) is 0 Å². The molecule has 3 aliphatic rings. The molecule has 0 aromatic heterocycles. The van der Waals surface area contributed by atoms with Gasteiger partial charge in [0.15, 0.2) is 0 Å². The quantitative estimate of drug-likeness (QED) is 0.655. The number of rotatable bonds is 8. The maximum Gasteiger partial charge on any atom is 0.309 e. The Bertz CT molecular complexity index is 423. The Morgan fingerprint density at radius 2 is 1.81 bits per heavy atom. The molecule has 1 unspecified atom stereocenters. The largest absolute Gasteiger partial charge is 0.466 e. The van der Waals surface area contributed by atoms with Crippen LogP contribution < -0.4 is 5.32 Å². The van der Waals surface area contributed by atoms with Gasteiger partial charge in [0.1, 0.15) is 0 Å². The molecule has 5 heteroatoms. The molecule has 0 spiro atoms. The van der Waals surface area contributed by atoms with Crippen LogP contribution >= 0.6 is 0 Å². The fourth-order valence-corrected chi connectivity index (χ4v) is 5.13. The number of hydrogen-bond acceptors (Lipinski definition) is 5. The fourth-order valence-electron chi connectivity index (χ4n) is 5.13. The van der Waals surface area contributed by atoms with E-state index in [2.05, 4.69) is 10.2 Å². The van der Waals surface area contributed by atoms with Crippen molar-refractivity contribution < 1.29 is 14.3 Å². The van der Waals surface area contributed by atoms with Gasteiger partial charge in [-0.25, -0.2) is 0 Å². The van der Waals surface area contributed by atoms with Gasteiger partial charge < -0.3 is 19.7 Å². The zero-order valence-electron chi connectivity index (χ0n) is 17.3. The van der Waals surface area contributed by atoms with Gasteiger partial charge in [-0.15, -0.1) is 0 Å². The molecular formula is C22H40N2O3. The molecule has 3 fully saturated rings. The zero-order valence-corrected chi connectivity index (χ0v) is 17.3. The molecule has 0 aromatic rings. The van der Waals surface area contributed by atoms with Crippen LogP contribution in [0.1, 0.15) is 64.7 Å². The number of nitrogens with one attached hydrogen (secondary N) is 1. The molecule has 1 N–H and O–H groups in total. The highest BCUT2D eigenvalue weighted by atomic mass is 16.5. The van der Waals surface area contributed by atoms with Crippen LogP contribution in [0, 0.1) is 17.8 Å². The number of hydrogen-bond donors (Lipinski definition) is 1. The first kappa shape index (κ1) is 21.1. The highest BCUT2D eigenvalue weighted by molar-refractivity contribution is 5.72. The normalized spacial score (nSPS) is 30.9.